The molecule has 33 heteroatoms. The lowest BCUT2D eigenvalue weighted by Gasteiger charge is -2.28. The molecule has 0 aliphatic carbocycles. The van der Waals surface area contributed by atoms with Crippen molar-refractivity contribution in [1.29, 1.82) is 10.8 Å². The minimum Gasteiger partial charge on any atom is -0.391 e. The van der Waals surface area contributed by atoms with Crippen LogP contribution in [-0.4, -0.2) is 186 Å². The molecule has 10 amide bonds. The molecule has 0 spiro atoms. The van der Waals surface area contributed by atoms with E-state index in [0.29, 0.717) is 19.3 Å². The summed E-state index contributed by atoms with van der Waals surface area (Å²) in [5.41, 5.74) is 28.4. The first-order valence-electron chi connectivity index (χ1n) is 33.7. The summed E-state index contributed by atoms with van der Waals surface area (Å²) in [4.78, 5) is 196. The van der Waals surface area contributed by atoms with Crippen molar-refractivity contribution in [2.45, 2.75) is 243 Å². The lowest BCUT2D eigenvalue weighted by atomic mass is 9.88. The molecule has 0 aromatic rings. The third kappa shape index (κ3) is 33.5. The summed E-state index contributed by atoms with van der Waals surface area (Å²) in [6.07, 6.45) is -1.58. The Labute approximate surface area is 562 Å². The molecule has 1 unspecified atom stereocenters. The molecule has 0 aromatic heterocycles. The van der Waals surface area contributed by atoms with Crippen LogP contribution in [0, 0.1) is 34.5 Å². The van der Waals surface area contributed by atoms with Crippen molar-refractivity contribution < 1.29 is 72.2 Å². The maximum atomic E-state index is 15.0. The third-order valence-electron chi connectivity index (χ3n) is 16.6. The summed E-state index contributed by atoms with van der Waals surface area (Å²) in [6.45, 7) is 8.03. The molecule has 0 aromatic carbocycles. The van der Waals surface area contributed by atoms with E-state index in [2.05, 4.69) is 58.5 Å². The number of carbonyl (C=O) groups excluding carboxylic acids is 14. The molecule has 96 heavy (non-hydrogen) atoms. The number of Topliss-reactive ketones (excluding diaryl/α,β-unsaturated/α-hetero) is 4. The number of hydrogen-bond donors (Lipinski definition) is 19. The summed E-state index contributed by atoms with van der Waals surface area (Å²) < 4.78 is 0. The van der Waals surface area contributed by atoms with E-state index in [0.717, 1.165) is 6.92 Å². The Morgan fingerprint density at radius 3 is 1.69 bits per heavy atom. The molecule has 2 rings (SSSR count). The standard InChI is InChI=1S/C63H110N18O15/c1-35(2)29-41-32-50(86)43(20-9-12-24-64)76-58(93)46(23-16-28-73-63(69)70)78-59(94)45(22-11-14-26-71-52(88)34-47(54(66)89)80-57(41)92)79-61(96)48-33-42(84)19-8-6-7-17-39(31-51(87)53(37(4)82)75-38(5)83)55(90)74-36(3)49(85)30-40(18-15-27-72-62(67)68)56(91)77-44(60(95)81-48)21-10-13-25-65/h35-37,39-41,43-48,53,82H,6-34,64-65H2,1-5H3,(H2,66,89)(H,71,88)(H,74,90)(H,75,83)(H,76,93)(H,77,91)(H,78,94)(H,79,96)(H,80,92)(H,81,95)(H4,67,68,72)(H4,69,70,73)/t36-,37?,39+,40+,41+,43-,44-,45-,46-,47-,48-,53-/m0/s1. The van der Waals surface area contributed by atoms with E-state index >= 15 is 0 Å². The molecule has 0 saturated carbocycles. The smallest absolute Gasteiger partial charge is 0.243 e. The highest BCUT2D eigenvalue weighted by molar-refractivity contribution is 6.00. The first-order valence-corrected chi connectivity index (χ1v) is 33.7. The molecule has 24 N–H and O–H groups in total. The molecule has 2 aliphatic rings. The van der Waals surface area contributed by atoms with Crippen LogP contribution >= 0.6 is 0 Å². The van der Waals surface area contributed by atoms with Crippen molar-refractivity contribution >= 4 is 94.1 Å². The fourth-order valence-corrected chi connectivity index (χ4v) is 11.3. The average molecular weight is 1360 g/mol. The van der Waals surface area contributed by atoms with Gasteiger partial charge in [-0.2, -0.15) is 0 Å². The number of carbonyl (C=O) groups is 14. The van der Waals surface area contributed by atoms with E-state index in [1.807, 2.05) is 13.8 Å². The minimum atomic E-state index is -1.74. The van der Waals surface area contributed by atoms with Gasteiger partial charge in [-0.1, -0.05) is 26.7 Å². The highest BCUT2D eigenvalue weighted by Gasteiger charge is 2.38. The van der Waals surface area contributed by atoms with E-state index in [1.54, 1.807) is 0 Å². The van der Waals surface area contributed by atoms with E-state index in [1.165, 1.54) is 13.8 Å². The van der Waals surface area contributed by atoms with E-state index in [9.17, 15) is 72.2 Å². The zero-order chi connectivity index (χ0) is 72.0. The molecule has 0 bridgehead atoms. The molecule has 2 saturated heterocycles. The SMILES string of the molecule is CC(=O)N[C@H](C(=O)C[C@H]1CCCCCC(=O)C[C@@H](C(=O)N[C@H]2CCCCNC(=O)C[C@@H](C(N)=O)NC(=O)[C@H](CC(C)C)CC(=O)[C@H](CCCCN)NC(=O)[C@H](CCCNC(=N)N)NC2=O)NC(=O)[C@H](CCCCN)NC(=O)[C@H](CCCNC(=N)N)CC(=O)[C@H](C)NC1=O)C(C)O. The van der Waals surface area contributed by atoms with Gasteiger partial charge in [-0.3, -0.25) is 77.9 Å². The van der Waals surface area contributed by atoms with Gasteiger partial charge in [-0.25, -0.2) is 0 Å². The number of unbranched alkanes of at least 4 members (excludes halogenated alkanes) is 2. The zero-order valence-corrected chi connectivity index (χ0v) is 56.6. The number of hydrogen-bond acceptors (Lipinski definition) is 19. The average Bonchev–Trinajstić information content (AvgIpc) is 1.75. The summed E-state index contributed by atoms with van der Waals surface area (Å²) in [5, 5.41) is 54.7. The number of ketones is 4. The zero-order valence-electron chi connectivity index (χ0n) is 56.6. The van der Waals surface area contributed by atoms with Gasteiger partial charge in [0.1, 0.15) is 42.0 Å². The van der Waals surface area contributed by atoms with Gasteiger partial charge in [0.05, 0.1) is 24.6 Å². The van der Waals surface area contributed by atoms with Gasteiger partial charge in [-0.05, 0) is 136 Å². The second-order valence-corrected chi connectivity index (χ2v) is 25.6. The second-order valence-electron chi connectivity index (χ2n) is 25.6. The van der Waals surface area contributed by atoms with Crippen molar-refractivity contribution in [3.8, 4) is 0 Å². The molecule has 542 valence electrons. The highest BCUT2D eigenvalue weighted by atomic mass is 16.3. The van der Waals surface area contributed by atoms with Crippen LogP contribution in [0.25, 0.3) is 0 Å². The number of guanidine groups is 2. The van der Waals surface area contributed by atoms with Gasteiger partial charge < -0.3 is 92.3 Å². The number of rotatable bonds is 26. The van der Waals surface area contributed by atoms with Gasteiger partial charge in [-0.15, -0.1) is 0 Å². The van der Waals surface area contributed by atoms with E-state index < -0.39 is 187 Å². The normalized spacial score (nSPS) is 24.9. The molecule has 2 heterocycles. The van der Waals surface area contributed by atoms with Crippen molar-refractivity contribution in [1.82, 2.24) is 58.5 Å². The number of nitrogens with two attached hydrogens (primary N) is 5. The predicted molar refractivity (Wildman–Crippen MR) is 355 cm³/mol. The first kappa shape index (κ1) is 83.9. The summed E-state index contributed by atoms with van der Waals surface area (Å²) >= 11 is 0. The quantitative estimate of drug-likeness (QED) is 0.0232. The number of aliphatic hydroxyl groups excluding tert-OH is 1. The third-order valence-corrected chi connectivity index (χ3v) is 16.6. The van der Waals surface area contributed by atoms with Crippen LogP contribution in [0.3, 0.4) is 0 Å². The van der Waals surface area contributed by atoms with Crippen molar-refractivity contribution in [3.05, 3.63) is 0 Å². The van der Waals surface area contributed by atoms with Crippen molar-refractivity contribution in [2.75, 3.05) is 32.7 Å². The maximum absolute atomic E-state index is 15.0. The molecular weight excluding hydrogens is 1250 g/mol. The van der Waals surface area contributed by atoms with Crippen LogP contribution in [-0.2, 0) is 67.1 Å². The lowest BCUT2D eigenvalue weighted by Crippen LogP contribution is -2.59. The Balaban J connectivity index is 2.84. The fourth-order valence-electron chi connectivity index (χ4n) is 11.3. The van der Waals surface area contributed by atoms with Crippen LogP contribution in [0.2, 0.25) is 0 Å². The topological polar surface area (TPSA) is 569 Å². The molecular formula is C63H110N18O15. The first-order chi connectivity index (χ1) is 45.4. The van der Waals surface area contributed by atoms with Crippen LogP contribution in [0.4, 0.5) is 0 Å². The van der Waals surface area contributed by atoms with Crippen LogP contribution in [0.1, 0.15) is 189 Å². The molecule has 0 radical (unpaired) electrons. The molecule has 33 nitrogen and oxygen atoms in total. The molecule has 2 fully saturated rings. The van der Waals surface area contributed by atoms with Gasteiger partial charge in [0.15, 0.2) is 29.3 Å². The van der Waals surface area contributed by atoms with Crippen LogP contribution in [0.15, 0.2) is 0 Å². The minimum absolute atomic E-state index is 0.00833. The number of aliphatic hydroxyl groups is 1. The van der Waals surface area contributed by atoms with Crippen molar-refractivity contribution in [2.24, 2.45) is 52.3 Å². The second kappa shape index (κ2) is 45.3. The Bertz CT molecular complexity index is 2660. The van der Waals surface area contributed by atoms with Crippen molar-refractivity contribution in [3.63, 3.8) is 0 Å². The fraction of sp³-hybridized carbons (Fsp3) is 0.746. The Morgan fingerprint density at radius 1 is 0.573 bits per heavy atom. The molecule has 2 aliphatic heterocycles. The summed E-state index contributed by atoms with van der Waals surface area (Å²) in [7, 11) is 0. The number of primary amides is 1. The molecule has 12 atom stereocenters. The maximum Gasteiger partial charge on any atom is 0.243 e. The van der Waals surface area contributed by atoms with Gasteiger partial charge in [0, 0.05) is 76.4 Å². The Hall–Kier alpha value is -8.20. The van der Waals surface area contributed by atoms with E-state index in [-0.39, 0.29) is 153 Å². The van der Waals surface area contributed by atoms with Gasteiger partial charge >= 0.3 is 0 Å². The summed E-state index contributed by atoms with van der Waals surface area (Å²) in [6, 6.07) is -11.4. The Morgan fingerprint density at radius 2 is 1.10 bits per heavy atom. The largest absolute Gasteiger partial charge is 0.391 e. The number of nitrogens with one attached hydrogen (secondary N) is 13. The lowest BCUT2D eigenvalue weighted by molar-refractivity contribution is -0.137. The Kier molecular flexibility index (Phi) is 39.6. The monoisotopic (exact) mass is 1360 g/mol. The highest BCUT2D eigenvalue weighted by Crippen LogP contribution is 2.23. The van der Waals surface area contributed by atoms with Gasteiger partial charge in [0.25, 0.3) is 0 Å². The van der Waals surface area contributed by atoms with Gasteiger partial charge in [0.2, 0.25) is 59.1 Å². The van der Waals surface area contributed by atoms with E-state index in [4.69, 9.17) is 39.5 Å². The van der Waals surface area contributed by atoms with Crippen LogP contribution in [0.5, 0.6) is 0 Å². The summed E-state index contributed by atoms with van der Waals surface area (Å²) in [5.74, 6) is -14.8. The van der Waals surface area contributed by atoms with Crippen LogP contribution < -0.4 is 87.2 Å². The predicted octanol–water partition coefficient (Wildman–Crippen LogP) is -3.06. The number of amides is 10.